The number of ether oxygens (including phenoxy) is 2. The number of aromatic nitrogens is 1. The van der Waals surface area contributed by atoms with Crippen molar-refractivity contribution in [1.29, 1.82) is 0 Å². The molecule has 1 aromatic carbocycles. The van der Waals surface area contributed by atoms with Gasteiger partial charge in [-0.2, -0.15) is 0 Å². The highest BCUT2D eigenvalue weighted by molar-refractivity contribution is 5.89. The minimum atomic E-state index is -0.416. The Balaban J connectivity index is 2.01. The minimum Gasteiger partial charge on any atom is -0.462 e. The number of benzene rings is 1. The van der Waals surface area contributed by atoms with Crippen LogP contribution < -0.4 is 10.1 Å². The molecule has 114 valence electrons. The van der Waals surface area contributed by atoms with E-state index in [1.807, 2.05) is 0 Å². The molecule has 0 radical (unpaired) electrons. The first kappa shape index (κ1) is 15.5. The van der Waals surface area contributed by atoms with Crippen molar-refractivity contribution < 1.29 is 19.1 Å². The van der Waals surface area contributed by atoms with Gasteiger partial charge in [0.25, 0.3) is 0 Å². The first-order valence-corrected chi connectivity index (χ1v) is 6.77. The van der Waals surface area contributed by atoms with E-state index in [0.717, 1.165) is 0 Å². The van der Waals surface area contributed by atoms with Crippen molar-refractivity contribution >= 4 is 17.6 Å². The van der Waals surface area contributed by atoms with Gasteiger partial charge in [-0.15, -0.1) is 0 Å². The molecule has 0 spiro atoms. The lowest BCUT2D eigenvalue weighted by molar-refractivity contribution is -0.114. The largest absolute Gasteiger partial charge is 0.462 e. The topological polar surface area (TPSA) is 77.5 Å². The highest BCUT2D eigenvalue weighted by atomic mass is 16.5. The third-order valence-electron chi connectivity index (χ3n) is 2.64. The summed E-state index contributed by atoms with van der Waals surface area (Å²) >= 11 is 0. The molecule has 0 fully saturated rings. The van der Waals surface area contributed by atoms with Gasteiger partial charge in [0.05, 0.1) is 12.2 Å². The Bertz CT molecular complexity index is 651. The Labute approximate surface area is 128 Å². The van der Waals surface area contributed by atoms with Crippen LogP contribution >= 0.6 is 0 Å². The van der Waals surface area contributed by atoms with Gasteiger partial charge in [-0.3, -0.25) is 4.79 Å². The molecule has 1 amide bonds. The van der Waals surface area contributed by atoms with E-state index in [0.29, 0.717) is 29.5 Å². The smallest absolute Gasteiger partial charge is 0.339 e. The van der Waals surface area contributed by atoms with Crippen LogP contribution in [-0.2, 0) is 9.53 Å². The number of carbonyl (C=O) groups excluding carboxylic acids is 2. The van der Waals surface area contributed by atoms with E-state index in [-0.39, 0.29) is 5.91 Å². The van der Waals surface area contributed by atoms with Crippen molar-refractivity contribution in [2.45, 2.75) is 13.8 Å². The third kappa shape index (κ3) is 4.31. The van der Waals surface area contributed by atoms with Crippen molar-refractivity contribution in [1.82, 2.24) is 4.98 Å². The van der Waals surface area contributed by atoms with Gasteiger partial charge in [-0.1, -0.05) is 0 Å². The number of carbonyl (C=O) groups is 2. The quantitative estimate of drug-likeness (QED) is 0.859. The summed E-state index contributed by atoms with van der Waals surface area (Å²) in [4.78, 5) is 26.5. The van der Waals surface area contributed by atoms with Crippen LogP contribution in [0.15, 0.2) is 42.6 Å². The van der Waals surface area contributed by atoms with Gasteiger partial charge < -0.3 is 14.8 Å². The monoisotopic (exact) mass is 300 g/mol. The molecular weight excluding hydrogens is 284 g/mol. The molecule has 0 unspecified atom stereocenters. The number of esters is 1. The summed E-state index contributed by atoms with van der Waals surface area (Å²) in [6.45, 7) is 3.50. The summed E-state index contributed by atoms with van der Waals surface area (Å²) in [6, 6.07) is 10.1. The van der Waals surface area contributed by atoms with E-state index < -0.39 is 5.97 Å². The molecule has 0 saturated carbocycles. The molecule has 1 N–H and O–H groups in total. The predicted octanol–water partition coefficient (Wildman–Crippen LogP) is 3.01. The van der Waals surface area contributed by atoms with Crippen molar-refractivity contribution in [3.63, 3.8) is 0 Å². The first-order valence-electron chi connectivity index (χ1n) is 6.77. The Morgan fingerprint density at radius 2 is 1.86 bits per heavy atom. The average molecular weight is 300 g/mol. The van der Waals surface area contributed by atoms with Crippen LogP contribution in [0.4, 0.5) is 5.69 Å². The van der Waals surface area contributed by atoms with E-state index >= 15 is 0 Å². The van der Waals surface area contributed by atoms with E-state index in [2.05, 4.69) is 10.3 Å². The van der Waals surface area contributed by atoms with E-state index in [4.69, 9.17) is 9.47 Å². The maximum atomic E-state index is 11.5. The third-order valence-corrected chi connectivity index (χ3v) is 2.64. The SMILES string of the molecule is CCOC(=O)c1ccc(Oc2ccc(NC(C)=O)cc2)nc1. The van der Waals surface area contributed by atoms with Gasteiger partial charge >= 0.3 is 5.97 Å². The van der Waals surface area contributed by atoms with Gasteiger partial charge in [-0.25, -0.2) is 9.78 Å². The van der Waals surface area contributed by atoms with Crippen molar-refractivity contribution in [2.24, 2.45) is 0 Å². The number of hydrogen-bond acceptors (Lipinski definition) is 5. The molecule has 0 aliphatic carbocycles. The highest BCUT2D eigenvalue weighted by Crippen LogP contribution is 2.21. The second-order valence-corrected chi connectivity index (χ2v) is 4.41. The number of nitrogens with zero attached hydrogens (tertiary/aromatic N) is 1. The molecule has 0 saturated heterocycles. The molecule has 1 aromatic heterocycles. The van der Waals surface area contributed by atoms with Crippen LogP contribution in [0.5, 0.6) is 11.6 Å². The molecule has 6 heteroatoms. The molecule has 6 nitrogen and oxygen atoms in total. The van der Waals surface area contributed by atoms with Gasteiger partial charge in [-0.05, 0) is 37.3 Å². The zero-order chi connectivity index (χ0) is 15.9. The summed E-state index contributed by atoms with van der Waals surface area (Å²) in [5.74, 6) is 0.386. The molecule has 2 rings (SSSR count). The number of nitrogens with one attached hydrogen (secondary N) is 1. The van der Waals surface area contributed by atoms with Crippen molar-refractivity contribution in [3.8, 4) is 11.6 Å². The molecular formula is C16H16N2O4. The Morgan fingerprint density at radius 1 is 1.14 bits per heavy atom. The summed E-state index contributed by atoms with van der Waals surface area (Å²) < 4.78 is 10.4. The highest BCUT2D eigenvalue weighted by Gasteiger charge is 2.07. The molecule has 0 aliphatic rings. The average Bonchev–Trinajstić information content (AvgIpc) is 2.50. The molecule has 0 aliphatic heterocycles. The second kappa shape index (κ2) is 7.21. The zero-order valence-electron chi connectivity index (χ0n) is 12.3. The number of pyridine rings is 1. The van der Waals surface area contributed by atoms with E-state index in [1.165, 1.54) is 13.1 Å². The summed E-state index contributed by atoms with van der Waals surface area (Å²) in [6.07, 6.45) is 1.40. The van der Waals surface area contributed by atoms with Crippen molar-refractivity contribution in [3.05, 3.63) is 48.2 Å². The van der Waals surface area contributed by atoms with Crippen LogP contribution in [0.3, 0.4) is 0 Å². The molecule has 0 atom stereocenters. The molecule has 1 heterocycles. The van der Waals surface area contributed by atoms with E-state index in [9.17, 15) is 9.59 Å². The fourth-order valence-electron chi connectivity index (χ4n) is 1.71. The maximum Gasteiger partial charge on any atom is 0.339 e. The standard InChI is InChI=1S/C16H16N2O4/c1-3-21-16(20)12-4-9-15(17-10-12)22-14-7-5-13(6-8-14)18-11(2)19/h4-10H,3H2,1-2H3,(H,18,19). The van der Waals surface area contributed by atoms with Gasteiger partial charge in [0.2, 0.25) is 11.8 Å². The number of hydrogen-bond donors (Lipinski definition) is 1. The molecule has 0 bridgehead atoms. The van der Waals surface area contributed by atoms with E-state index in [1.54, 1.807) is 43.3 Å². The fraction of sp³-hybridized carbons (Fsp3) is 0.188. The Morgan fingerprint density at radius 3 is 2.41 bits per heavy atom. The summed E-state index contributed by atoms with van der Waals surface area (Å²) in [5, 5.41) is 2.67. The molecule has 2 aromatic rings. The number of anilines is 1. The predicted molar refractivity (Wildman–Crippen MR) is 81.0 cm³/mol. The van der Waals surface area contributed by atoms with Crippen LogP contribution in [0.1, 0.15) is 24.2 Å². The van der Waals surface area contributed by atoms with Gasteiger partial charge in [0.15, 0.2) is 0 Å². The molecule has 22 heavy (non-hydrogen) atoms. The van der Waals surface area contributed by atoms with Gasteiger partial charge in [0, 0.05) is 24.9 Å². The lowest BCUT2D eigenvalue weighted by Crippen LogP contribution is -2.05. The van der Waals surface area contributed by atoms with Crippen molar-refractivity contribution in [2.75, 3.05) is 11.9 Å². The van der Waals surface area contributed by atoms with Crippen LogP contribution in [-0.4, -0.2) is 23.5 Å². The lowest BCUT2D eigenvalue weighted by atomic mass is 10.3. The number of rotatable bonds is 5. The normalized spacial score (nSPS) is 9.91. The zero-order valence-corrected chi connectivity index (χ0v) is 12.3. The Kier molecular flexibility index (Phi) is 5.08. The van der Waals surface area contributed by atoms with Crippen LogP contribution in [0.2, 0.25) is 0 Å². The second-order valence-electron chi connectivity index (χ2n) is 4.41. The van der Waals surface area contributed by atoms with Crippen LogP contribution in [0, 0.1) is 0 Å². The first-order chi connectivity index (χ1) is 10.6. The van der Waals surface area contributed by atoms with Crippen LogP contribution in [0.25, 0.3) is 0 Å². The van der Waals surface area contributed by atoms with Gasteiger partial charge in [0.1, 0.15) is 5.75 Å². The summed E-state index contributed by atoms with van der Waals surface area (Å²) in [5.41, 5.74) is 1.06. The number of amides is 1. The lowest BCUT2D eigenvalue weighted by Gasteiger charge is -2.07. The minimum absolute atomic E-state index is 0.134. The maximum absolute atomic E-state index is 11.5. The summed E-state index contributed by atoms with van der Waals surface area (Å²) in [7, 11) is 0. The fourth-order valence-corrected chi connectivity index (χ4v) is 1.71. The Hall–Kier alpha value is -2.89.